The molecule has 1 aliphatic rings. The Morgan fingerprint density at radius 3 is 2.79 bits per heavy atom. The summed E-state index contributed by atoms with van der Waals surface area (Å²) in [7, 11) is 0. The van der Waals surface area contributed by atoms with Crippen molar-refractivity contribution in [2.24, 2.45) is 4.99 Å². The van der Waals surface area contributed by atoms with Crippen LogP contribution in [0, 0.1) is 0 Å². The molecule has 1 amide bonds. The molecule has 72 valence electrons. The molecule has 2 rings (SSSR count). The van der Waals surface area contributed by atoms with Gasteiger partial charge in [-0.2, -0.15) is 0 Å². The maximum absolute atomic E-state index is 10.8. The van der Waals surface area contributed by atoms with Crippen LogP contribution in [0.3, 0.4) is 0 Å². The van der Waals surface area contributed by atoms with Crippen LogP contribution in [0.2, 0.25) is 0 Å². The molecule has 1 aromatic rings. The number of benzene rings is 1. The lowest BCUT2D eigenvalue weighted by Gasteiger charge is -2.04. The smallest absolute Gasteiger partial charge is 0.248 e. The van der Waals surface area contributed by atoms with Crippen molar-refractivity contribution in [3.63, 3.8) is 0 Å². The van der Waals surface area contributed by atoms with Crippen molar-refractivity contribution < 1.29 is 4.79 Å². The molecule has 0 saturated heterocycles. The summed E-state index contributed by atoms with van der Waals surface area (Å²) in [5, 5.41) is 5.67. The molecule has 4 nitrogen and oxygen atoms in total. The van der Waals surface area contributed by atoms with Crippen molar-refractivity contribution in [2.45, 2.75) is 6.54 Å². The number of nitrogens with one attached hydrogen (secondary N) is 2. The van der Waals surface area contributed by atoms with Crippen molar-refractivity contribution in [3.8, 4) is 0 Å². The van der Waals surface area contributed by atoms with Gasteiger partial charge in [-0.05, 0) is 5.56 Å². The van der Waals surface area contributed by atoms with Crippen molar-refractivity contribution in [2.75, 3.05) is 6.54 Å². The molecule has 4 heteroatoms. The number of hydrogen-bond acceptors (Lipinski definition) is 3. The molecular weight excluding hydrogens is 178 g/mol. The number of nitrogens with zero attached hydrogens (tertiary/aromatic N) is 1. The fourth-order valence-corrected chi connectivity index (χ4v) is 1.24. The Labute approximate surface area is 82.0 Å². The van der Waals surface area contributed by atoms with E-state index in [-0.39, 0.29) is 12.5 Å². The van der Waals surface area contributed by atoms with Gasteiger partial charge in [0.1, 0.15) is 6.54 Å². The van der Waals surface area contributed by atoms with Gasteiger partial charge >= 0.3 is 0 Å². The fraction of sp³-hybridized carbons (Fsp3) is 0.200. The number of amides is 1. The number of rotatable bonds is 2. The topological polar surface area (TPSA) is 53.5 Å². The van der Waals surface area contributed by atoms with Crippen LogP contribution in [0.4, 0.5) is 0 Å². The van der Waals surface area contributed by atoms with Crippen molar-refractivity contribution in [1.82, 2.24) is 10.6 Å². The Morgan fingerprint density at radius 1 is 1.36 bits per heavy atom. The van der Waals surface area contributed by atoms with E-state index in [1.165, 1.54) is 0 Å². The van der Waals surface area contributed by atoms with Gasteiger partial charge in [-0.15, -0.1) is 0 Å². The average Bonchev–Trinajstić information content (AvgIpc) is 2.63. The second-order valence-electron chi connectivity index (χ2n) is 3.05. The third-order valence-corrected chi connectivity index (χ3v) is 1.94. The minimum absolute atomic E-state index is 0.0550. The summed E-state index contributed by atoms with van der Waals surface area (Å²) < 4.78 is 0. The first kappa shape index (κ1) is 8.74. The molecule has 2 N–H and O–H groups in total. The van der Waals surface area contributed by atoms with Crippen LogP contribution >= 0.6 is 0 Å². The van der Waals surface area contributed by atoms with E-state index in [0.717, 1.165) is 5.56 Å². The van der Waals surface area contributed by atoms with Gasteiger partial charge in [0.2, 0.25) is 5.91 Å². The lowest BCUT2D eigenvalue weighted by Crippen LogP contribution is -2.35. The molecule has 0 aliphatic carbocycles. The van der Waals surface area contributed by atoms with E-state index in [0.29, 0.717) is 12.5 Å². The number of aliphatic imine (C=N–C) groups is 1. The SMILES string of the molecule is O=C1CN=C(NCc2ccccc2)N1. The normalized spacial score (nSPS) is 14.9. The molecular formula is C10H11N3O. The zero-order valence-electron chi connectivity index (χ0n) is 7.66. The molecule has 1 heterocycles. The van der Waals surface area contributed by atoms with Gasteiger partial charge in [0.15, 0.2) is 5.96 Å². The maximum atomic E-state index is 10.8. The van der Waals surface area contributed by atoms with Crippen LogP contribution in [-0.4, -0.2) is 18.4 Å². The first-order valence-corrected chi connectivity index (χ1v) is 4.47. The molecule has 14 heavy (non-hydrogen) atoms. The van der Waals surface area contributed by atoms with E-state index < -0.39 is 0 Å². The highest BCUT2D eigenvalue weighted by atomic mass is 16.2. The highest BCUT2D eigenvalue weighted by Gasteiger charge is 2.11. The molecule has 0 unspecified atom stereocenters. The molecule has 0 radical (unpaired) electrons. The zero-order chi connectivity index (χ0) is 9.80. The average molecular weight is 189 g/mol. The molecule has 0 fully saturated rings. The third-order valence-electron chi connectivity index (χ3n) is 1.94. The number of carbonyl (C=O) groups is 1. The molecule has 1 aromatic carbocycles. The van der Waals surface area contributed by atoms with E-state index in [1.54, 1.807) is 0 Å². The van der Waals surface area contributed by atoms with Gasteiger partial charge in [-0.1, -0.05) is 30.3 Å². The van der Waals surface area contributed by atoms with Gasteiger partial charge in [-0.25, -0.2) is 4.99 Å². The summed E-state index contributed by atoms with van der Waals surface area (Å²) in [6.07, 6.45) is 0. The second-order valence-corrected chi connectivity index (χ2v) is 3.05. The van der Waals surface area contributed by atoms with E-state index in [9.17, 15) is 4.79 Å². The standard InChI is InChI=1S/C10H11N3O/c14-9-7-12-10(13-9)11-6-8-4-2-1-3-5-8/h1-5H,6-7H2,(H2,11,12,13,14). The maximum Gasteiger partial charge on any atom is 0.248 e. The van der Waals surface area contributed by atoms with E-state index in [4.69, 9.17) is 0 Å². The molecule has 1 aliphatic heterocycles. The van der Waals surface area contributed by atoms with Crippen LogP contribution < -0.4 is 10.6 Å². The van der Waals surface area contributed by atoms with E-state index in [2.05, 4.69) is 15.6 Å². The van der Waals surface area contributed by atoms with Crippen LogP contribution in [-0.2, 0) is 11.3 Å². The Balaban J connectivity index is 1.86. The number of hydrogen-bond donors (Lipinski definition) is 2. The predicted molar refractivity (Wildman–Crippen MR) is 53.7 cm³/mol. The highest BCUT2D eigenvalue weighted by Crippen LogP contribution is 1.97. The fourth-order valence-electron chi connectivity index (χ4n) is 1.24. The summed E-state index contributed by atoms with van der Waals surface area (Å²) in [5.74, 6) is 0.513. The quantitative estimate of drug-likeness (QED) is 0.701. The molecule has 0 bridgehead atoms. The largest absolute Gasteiger partial charge is 0.352 e. The number of carbonyl (C=O) groups excluding carboxylic acids is 1. The van der Waals surface area contributed by atoms with Crippen molar-refractivity contribution >= 4 is 11.9 Å². The zero-order valence-corrected chi connectivity index (χ0v) is 7.66. The monoisotopic (exact) mass is 189 g/mol. The summed E-state index contributed by atoms with van der Waals surface area (Å²) in [6.45, 7) is 0.914. The summed E-state index contributed by atoms with van der Waals surface area (Å²) >= 11 is 0. The highest BCUT2D eigenvalue weighted by molar-refractivity contribution is 6.02. The van der Waals surface area contributed by atoms with Gasteiger partial charge in [0, 0.05) is 6.54 Å². The van der Waals surface area contributed by atoms with Gasteiger partial charge in [0.25, 0.3) is 0 Å². The molecule has 0 saturated carbocycles. The van der Waals surface area contributed by atoms with Crippen molar-refractivity contribution in [1.29, 1.82) is 0 Å². The lowest BCUT2D eigenvalue weighted by molar-refractivity contribution is -0.117. The molecule has 0 spiro atoms. The van der Waals surface area contributed by atoms with E-state index >= 15 is 0 Å². The molecule has 0 atom stereocenters. The van der Waals surface area contributed by atoms with Crippen LogP contribution in [0.5, 0.6) is 0 Å². The van der Waals surface area contributed by atoms with Crippen molar-refractivity contribution in [3.05, 3.63) is 35.9 Å². The summed E-state index contributed by atoms with van der Waals surface area (Å²) in [5.41, 5.74) is 1.16. The Kier molecular flexibility index (Phi) is 2.44. The Bertz CT molecular complexity index is 359. The first-order valence-electron chi connectivity index (χ1n) is 4.47. The Hall–Kier alpha value is -1.84. The van der Waals surface area contributed by atoms with Gasteiger partial charge < -0.3 is 5.32 Å². The number of guanidine groups is 1. The molecule has 0 aromatic heterocycles. The predicted octanol–water partition coefficient (Wildman–Crippen LogP) is 0.262. The van der Waals surface area contributed by atoms with Crippen LogP contribution in [0.25, 0.3) is 0 Å². The van der Waals surface area contributed by atoms with Crippen LogP contribution in [0.15, 0.2) is 35.3 Å². The lowest BCUT2D eigenvalue weighted by atomic mass is 10.2. The minimum atomic E-state index is -0.0550. The van der Waals surface area contributed by atoms with Gasteiger partial charge in [0.05, 0.1) is 0 Å². The summed E-state index contributed by atoms with van der Waals surface area (Å²) in [6, 6.07) is 9.96. The first-order chi connectivity index (χ1) is 6.84. The summed E-state index contributed by atoms with van der Waals surface area (Å²) in [4.78, 5) is 14.8. The third kappa shape index (κ3) is 2.10. The van der Waals surface area contributed by atoms with Gasteiger partial charge in [-0.3, -0.25) is 10.1 Å². The minimum Gasteiger partial charge on any atom is -0.352 e. The Morgan fingerprint density at radius 2 is 2.14 bits per heavy atom. The van der Waals surface area contributed by atoms with Crippen LogP contribution in [0.1, 0.15) is 5.56 Å². The van der Waals surface area contributed by atoms with E-state index in [1.807, 2.05) is 30.3 Å². The second kappa shape index (κ2) is 3.91.